The summed E-state index contributed by atoms with van der Waals surface area (Å²) >= 11 is 10.2. The zero-order chi connectivity index (χ0) is 14.1. The molecule has 1 aromatic carbocycles. The van der Waals surface area contributed by atoms with Gasteiger partial charge in [-0.1, -0.05) is 29.3 Å². The van der Waals surface area contributed by atoms with Gasteiger partial charge in [-0.3, -0.25) is 0 Å². The Morgan fingerprint density at radius 1 is 1.35 bits per heavy atom. The third-order valence-corrected chi connectivity index (χ3v) is 5.92. The van der Waals surface area contributed by atoms with Crippen LogP contribution in [0.1, 0.15) is 43.7 Å². The highest BCUT2D eigenvalue weighted by Crippen LogP contribution is 2.40. The van der Waals surface area contributed by atoms with Crippen LogP contribution in [0.5, 0.6) is 5.75 Å². The van der Waals surface area contributed by atoms with E-state index in [2.05, 4.69) is 35.0 Å². The first kappa shape index (κ1) is 14.7. The molecule has 0 saturated heterocycles. The van der Waals surface area contributed by atoms with Crippen LogP contribution in [0, 0.1) is 11.8 Å². The Hall–Kier alpha value is -0.210. The van der Waals surface area contributed by atoms with E-state index in [4.69, 9.17) is 16.3 Å². The predicted molar refractivity (Wildman–Crippen MR) is 87.8 cm³/mol. The first-order valence-corrected chi connectivity index (χ1v) is 8.98. The molecule has 0 amide bonds. The standard InChI is InChI=1S/C17H22BrClO/c1-2-11-3-4-16(19)13(7-11)8-14-10-15(18)9-12-5-6-20-17(12)14/h9-11,13,16H,2-8H2,1H3. The highest BCUT2D eigenvalue weighted by atomic mass is 79.9. The topological polar surface area (TPSA) is 9.23 Å². The van der Waals surface area contributed by atoms with E-state index in [1.807, 2.05) is 0 Å². The maximum Gasteiger partial charge on any atom is 0.125 e. The van der Waals surface area contributed by atoms with Crippen molar-refractivity contribution < 1.29 is 4.74 Å². The third-order valence-electron chi connectivity index (χ3n) is 4.88. The summed E-state index contributed by atoms with van der Waals surface area (Å²) in [6, 6.07) is 4.42. The molecule has 0 aromatic heterocycles. The Balaban J connectivity index is 1.80. The van der Waals surface area contributed by atoms with Crippen molar-refractivity contribution in [1.29, 1.82) is 0 Å². The van der Waals surface area contributed by atoms with Gasteiger partial charge in [0.2, 0.25) is 0 Å². The third kappa shape index (κ3) is 3.01. The summed E-state index contributed by atoms with van der Waals surface area (Å²) < 4.78 is 7.02. The van der Waals surface area contributed by atoms with Gasteiger partial charge in [0.1, 0.15) is 5.75 Å². The monoisotopic (exact) mass is 356 g/mol. The summed E-state index contributed by atoms with van der Waals surface area (Å²) in [7, 11) is 0. The van der Waals surface area contributed by atoms with Gasteiger partial charge >= 0.3 is 0 Å². The molecular weight excluding hydrogens is 336 g/mol. The lowest BCUT2D eigenvalue weighted by atomic mass is 9.77. The number of alkyl halides is 1. The number of benzene rings is 1. The van der Waals surface area contributed by atoms with Gasteiger partial charge < -0.3 is 4.74 Å². The van der Waals surface area contributed by atoms with Crippen molar-refractivity contribution in [2.45, 2.75) is 50.8 Å². The molecule has 110 valence electrons. The Labute approximate surface area is 135 Å². The average molecular weight is 358 g/mol. The minimum Gasteiger partial charge on any atom is -0.493 e. The highest BCUT2D eigenvalue weighted by molar-refractivity contribution is 9.10. The van der Waals surface area contributed by atoms with Crippen LogP contribution in [0.2, 0.25) is 0 Å². The maximum absolute atomic E-state index is 6.59. The second kappa shape index (κ2) is 6.27. The molecule has 1 fully saturated rings. The predicted octanol–water partition coefficient (Wildman–Crippen LogP) is 5.36. The van der Waals surface area contributed by atoms with E-state index in [9.17, 15) is 0 Å². The summed E-state index contributed by atoms with van der Waals surface area (Å²) in [4.78, 5) is 0. The molecule has 0 bridgehead atoms. The SMILES string of the molecule is CCC1CCC(Cl)C(Cc2cc(Br)cc3c2OCC3)C1. The number of ether oxygens (including phenoxy) is 1. The summed E-state index contributed by atoms with van der Waals surface area (Å²) in [6.45, 7) is 3.13. The molecule has 3 unspecified atom stereocenters. The Kier molecular flexibility index (Phi) is 4.62. The molecule has 1 nitrogen and oxygen atoms in total. The average Bonchev–Trinajstić information content (AvgIpc) is 2.89. The summed E-state index contributed by atoms with van der Waals surface area (Å²) in [5, 5.41) is 0.328. The molecule has 3 atom stereocenters. The first-order chi connectivity index (χ1) is 9.67. The molecule has 1 aromatic rings. The van der Waals surface area contributed by atoms with E-state index >= 15 is 0 Å². The number of rotatable bonds is 3. The van der Waals surface area contributed by atoms with Crippen molar-refractivity contribution in [2.24, 2.45) is 11.8 Å². The normalized spacial score (nSPS) is 29.1. The van der Waals surface area contributed by atoms with Gasteiger partial charge in [0.15, 0.2) is 0 Å². The molecule has 0 spiro atoms. The fourth-order valence-electron chi connectivity index (χ4n) is 3.69. The number of fused-ring (bicyclic) bond motifs is 1. The lowest BCUT2D eigenvalue weighted by Crippen LogP contribution is -2.27. The molecule has 2 aliphatic rings. The van der Waals surface area contributed by atoms with Gasteiger partial charge in [-0.05, 0) is 60.8 Å². The van der Waals surface area contributed by atoms with Crippen LogP contribution < -0.4 is 4.74 Å². The minimum absolute atomic E-state index is 0.328. The van der Waals surface area contributed by atoms with E-state index in [0.29, 0.717) is 11.3 Å². The van der Waals surface area contributed by atoms with Crippen LogP contribution in [-0.2, 0) is 12.8 Å². The van der Waals surface area contributed by atoms with E-state index < -0.39 is 0 Å². The van der Waals surface area contributed by atoms with Gasteiger partial charge in [-0.2, -0.15) is 0 Å². The fourth-order valence-corrected chi connectivity index (χ4v) is 4.56. The lowest BCUT2D eigenvalue weighted by molar-refractivity contribution is 0.262. The van der Waals surface area contributed by atoms with E-state index in [0.717, 1.165) is 31.1 Å². The molecular formula is C17H22BrClO. The molecule has 0 radical (unpaired) electrons. The van der Waals surface area contributed by atoms with Crippen molar-refractivity contribution in [3.05, 3.63) is 27.7 Å². The van der Waals surface area contributed by atoms with Crippen LogP contribution in [-0.4, -0.2) is 12.0 Å². The van der Waals surface area contributed by atoms with E-state index in [-0.39, 0.29) is 0 Å². The smallest absolute Gasteiger partial charge is 0.125 e. The fraction of sp³-hybridized carbons (Fsp3) is 0.647. The van der Waals surface area contributed by atoms with Gasteiger partial charge in [0.05, 0.1) is 6.61 Å². The van der Waals surface area contributed by atoms with Crippen molar-refractivity contribution in [3.63, 3.8) is 0 Å². The zero-order valence-corrected chi connectivity index (χ0v) is 14.3. The van der Waals surface area contributed by atoms with E-state index in [1.165, 1.54) is 41.3 Å². The number of hydrogen-bond acceptors (Lipinski definition) is 1. The van der Waals surface area contributed by atoms with Gasteiger partial charge in [-0.25, -0.2) is 0 Å². The molecule has 1 aliphatic heterocycles. The summed E-state index contributed by atoms with van der Waals surface area (Å²) in [5.41, 5.74) is 2.70. The van der Waals surface area contributed by atoms with Crippen LogP contribution in [0.3, 0.4) is 0 Å². The highest BCUT2D eigenvalue weighted by Gasteiger charge is 2.30. The molecule has 1 aliphatic carbocycles. The number of halogens is 2. The van der Waals surface area contributed by atoms with Crippen molar-refractivity contribution >= 4 is 27.5 Å². The Bertz CT molecular complexity index is 488. The summed E-state index contributed by atoms with van der Waals surface area (Å²) in [5.74, 6) is 2.59. The number of hydrogen-bond donors (Lipinski definition) is 0. The molecule has 0 N–H and O–H groups in total. The lowest BCUT2D eigenvalue weighted by Gasteiger charge is -2.33. The molecule has 3 rings (SSSR count). The van der Waals surface area contributed by atoms with Crippen molar-refractivity contribution in [3.8, 4) is 5.75 Å². The maximum atomic E-state index is 6.59. The molecule has 3 heteroatoms. The second-order valence-electron chi connectivity index (χ2n) is 6.22. The van der Waals surface area contributed by atoms with Crippen molar-refractivity contribution in [1.82, 2.24) is 0 Å². The first-order valence-electron chi connectivity index (χ1n) is 7.75. The van der Waals surface area contributed by atoms with Crippen LogP contribution >= 0.6 is 27.5 Å². The molecule has 1 saturated carbocycles. The Morgan fingerprint density at radius 2 is 2.20 bits per heavy atom. The largest absolute Gasteiger partial charge is 0.493 e. The second-order valence-corrected chi connectivity index (χ2v) is 7.70. The van der Waals surface area contributed by atoms with Gasteiger partial charge in [0, 0.05) is 16.3 Å². The molecule has 1 heterocycles. The Morgan fingerprint density at radius 3 is 3.00 bits per heavy atom. The summed E-state index contributed by atoms with van der Waals surface area (Å²) in [6.07, 6.45) is 7.12. The van der Waals surface area contributed by atoms with Crippen LogP contribution in [0.25, 0.3) is 0 Å². The van der Waals surface area contributed by atoms with Gasteiger partial charge in [0.25, 0.3) is 0 Å². The van der Waals surface area contributed by atoms with Crippen LogP contribution in [0.15, 0.2) is 16.6 Å². The zero-order valence-electron chi connectivity index (χ0n) is 12.0. The van der Waals surface area contributed by atoms with Crippen LogP contribution in [0.4, 0.5) is 0 Å². The molecule has 20 heavy (non-hydrogen) atoms. The van der Waals surface area contributed by atoms with E-state index in [1.54, 1.807) is 0 Å². The quantitative estimate of drug-likeness (QED) is 0.662. The minimum atomic E-state index is 0.328. The van der Waals surface area contributed by atoms with Gasteiger partial charge in [-0.15, -0.1) is 11.6 Å². The van der Waals surface area contributed by atoms with Crippen molar-refractivity contribution in [2.75, 3.05) is 6.61 Å².